The number of aromatic nitrogens is 1. The smallest absolute Gasteiger partial charge is 0.322 e. The van der Waals surface area contributed by atoms with Crippen LogP contribution in [-0.4, -0.2) is 48.0 Å². The molecule has 8 heteroatoms. The Kier molecular flexibility index (Phi) is 6.79. The maximum Gasteiger partial charge on any atom is 0.322 e. The first-order valence-corrected chi connectivity index (χ1v) is 11.2. The molecule has 2 N–H and O–H groups in total. The number of rotatable bonds is 4. The molecule has 0 bridgehead atoms. The van der Waals surface area contributed by atoms with Gasteiger partial charge in [-0.25, -0.2) is 9.78 Å². The number of hydrogen-bond donors (Lipinski definition) is 2. The van der Waals surface area contributed by atoms with Crippen LogP contribution >= 0.6 is 11.6 Å². The summed E-state index contributed by atoms with van der Waals surface area (Å²) in [6, 6.07) is 16.5. The topological polar surface area (TPSA) is 77.6 Å². The fourth-order valence-electron chi connectivity index (χ4n) is 3.62. The average Bonchev–Trinajstić information content (AvgIpc) is 2.82. The van der Waals surface area contributed by atoms with Gasteiger partial charge in [0.05, 0.1) is 22.6 Å². The zero-order valence-electron chi connectivity index (χ0n) is 18.6. The highest BCUT2D eigenvalue weighted by atomic mass is 35.5. The lowest BCUT2D eigenvalue weighted by Crippen LogP contribution is -2.50. The molecule has 3 amide bonds. The van der Waals surface area contributed by atoms with Crippen LogP contribution in [0.1, 0.15) is 21.5 Å². The third-order valence-corrected chi connectivity index (χ3v) is 5.90. The van der Waals surface area contributed by atoms with Crippen molar-refractivity contribution in [2.24, 2.45) is 0 Å². The Hall–Kier alpha value is -3.58. The maximum absolute atomic E-state index is 12.6. The summed E-state index contributed by atoms with van der Waals surface area (Å²) in [5.74, 6) is 0.642. The highest BCUT2D eigenvalue weighted by molar-refractivity contribution is 6.33. The molecule has 0 atom stereocenters. The number of amides is 3. The van der Waals surface area contributed by atoms with E-state index in [1.807, 2.05) is 50.2 Å². The summed E-state index contributed by atoms with van der Waals surface area (Å²) in [6.45, 7) is 6.41. The molecule has 3 aromatic rings. The van der Waals surface area contributed by atoms with Gasteiger partial charge in [0.2, 0.25) is 0 Å². The second kappa shape index (κ2) is 9.92. The molecule has 7 nitrogen and oxygen atoms in total. The van der Waals surface area contributed by atoms with Crippen molar-refractivity contribution in [2.75, 3.05) is 41.7 Å². The molecule has 0 aliphatic carbocycles. The molecule has 1 saturated heterocycles. The Morgan fingerprint density at radius 2 is 1.58 bits per heavy atom. The predicted octanol–water partition coefficient (Wildman–Crippen LogP) is 4.96. The first-order chi connectivity index (χ1) is 15.9. The maximum atomic E-state index is 12.6. The molecule has 0 radical (unpaired) electrons. The Morgan fingerprint density at radius 1 is 0.879 bits per heavy atom. The predicted molar refractivity (Wildman–Crippen MR) is 132 cm³/mol. The molecule has 1 aliphatic rings. The summed E-state index contributed by atoms with van der Waals surface area (Å²) in [5.41, 5.74) is 4.00. The van der Waals surface area contributed by atoms with E-state index in [0.717, 1.165) is 16.9 Å². The van der Waals surface area contributed by atoms with E-state index in [-0.39, 0.29) is 11.9 Å². The van der Waals surface area contributed by atoms with E-state index in [1.165, 1.54) is 0 Å². The molecule has 2 aromatic carbocycles. The van der Waals surface area contributed by atoms with Crippen LogP contribution in [0, 0.1) is 13.8 Å². The molecular formula is C25H26ClN5O2. The zero-order chi connectivity index (χ0) is 23.4. The first kappa shape index (κ1) is 22.6. The molecule has 4 rings (SSSR count). The Bertz CT molecular complexity index is 1140. The van der Waals surface area contributed by atoms with Gasteiger partial charge in [0, 0.05) is 31.7 Å². The van der Waals surface area contributed by atoms with Crippen molar-refractivity contribution in [1.82, 2.24) is 9.88 Å². The van der Waals surface area contributed by atoms with Gasteiger partial charge in [0.15, 0.2) is 0 Å². The number of nitrogens with zero attached hydrogens (tertiary/aromatic N) is 3. The summed E-state index contributed by atoms with van der Waals surface area (Å²) in [6.07, 6.45) is 1.65. The second-order valence-corrected chi connectivity index (χ2v) is 8.52. The monoisotopic (exact) mass is 463 g/mol. The van der Waals surface area contributed by atoms with E-state index in [9.17, 15) is 9.59 Å². The van der Waals surface area contributed by atoms with Crippen LogP contribution in [0.15, 0.2) is 60.8 Å². The highest BCUT2D eigenvalue weighted by Gasteiger charge is 2.22. The number of aryl methyl sites for hydroxylation is 2. The quantitative estimate of drug-likeness (QED) is 0.573. The average molecular weight is 464 g/mol. The molecule has 0 spiro atoms. The Labute approximate surface area is 198 Å². The van der Waals surface area contributed by atoms with Crippen LogP contribution in [0.3, 0.4) is 0 Å². The first-order valence-electron chi connectivity index (χ1n) is 10.8. The van der Waals surface area contributed by atoms with Gasteiger partial charge in [-0.2, -0.15) is 0 Å². The van der Waals surface area contributed by atoms with E-state index < -0.39 is 0 Å². The van der Waals surface area contributed by atoms with Crippen molar-refractivity contribution in [3.05, 3.63) is 82.5 Å². The Balaban J connectivity index is 1.30. The lowest BCUT2D eigenvalue weighted by Gasteiger charge is -2.35. The molecule has 1 fully saturated rings. The largest absolute Gasteiger partial charge is 0.353 e. The van der Waals surface area contributed by atoms with Gasteiger partial charge in [-0.15, -0.1) is 0 Å². The van der Waals surface area contributed by atoms with Crippen LogP contribution in [0.5, 0.6) is 0 Å². The standard InChI is InChI=1S/C25H26ClN5O2/c1-17-3-6-19(7-4-17)24(32)28-20-8-10-23(27-16-20)30-11-13-31(14-12-30)25(33)29-22-15-18(2)5-9-21(22)26/h3-10,15-16H,11-14H2,1-2H3,(H,28,32)(H,29,33). The van der Waals surface area contributed by atoms with Gasteiger partial charge < -0.3 is 20.4 Å². The number of piperazine rings is 1. The number of urea groups is 1. The lowest BCUT2D eigenvalue weighted by atomic mass is 10.1. The molecular weight excluding hydrogens is 438 g/mol. The fraction of sp³-hybridized carbons (Fsp3) is 0.240. The summed E-state index contributed by atoms with van der Waals surface area (Å²) in [7, 11) is 0. The van der Waals surface area contributed by atoms with Gasteiger partial charge in [-0.1, -0.05) is 35.4 Å². The normalized spacial score (nSPS) is 13.5. The number of carbonyl (C=O) groups excluding carboxylic acids is 2. The van der Waals surface area contributed by atoms with E-state index in [0.29, 0.717) is 48.1 Å². The zero-order valence-corrected chi connectivity index (χ0v) is 19.4. The minimum absolute atomic E-state index is 0.163. The SMILES string of the molecule is Cc1ccc(C(=O)Nc2ccc(N3CCN(C(=O)Nc4cc(C)ccc4Cl)CC3)nc2)cc1. The van der Waals surface area contributed by atoms with Gasteiger partial charge in [-0.3, -0.25) is 4.79 Å². The third-order valence-electron chi connectivity index (χ3n) is 5.57. The van der Waals surface area contributed by atoms with Crippen LogP contribution in [-0.2, 0) is 0 Å². The summed E-state index contributed by atoms with van der Waals surface area (Å²) < 4.78 is 0. The summed E-state index contributed by atoms with van der Waals surface area (Å²) in [5, 5.41) is 6.29. The van der Waals surface area contributed by atoms with Crippen molar-refractivity contribution in [3.8, 4) is 0 Å². The minimum Gasteiger partial charge on any atom is -0.353 e. The number of carbonyl (C=O) groups is 2. The number of pyridine rings is 1. The van der Waals surface area contributed by atoms with Crippen molar-refractivity contribution in [1.29, 1.82) is 0 Å². The number of nitrogens with one attached hydrogen (secondary N) is 2. The third kappa shape index (κ3) is 5.62. The molecule has 33 heavy (non-hydrogen) atoms. The summed E-state index contributed by atoms with van der Waals surface area (Å²) >= 11 is 6.19. The molecule has 0 unspecified atom stereocenters. The van der Waals surface area contributed by atoms with E-state index >= 15 is 0 Å². The molecule has 1 aromatic heterocycles. The van der Waals surface area contributed by atoms with Gasteiger partial charge >= 0.3 is 6.03 Å². The Morgan fingerprint density at radius 3 is 2.24 bits per heavy atom. The van der Waals surface area contributed by atoms with Crippen LogP contribution in [0.25, 0.3) is 0 Å². The van der Waals surface area contributed by atoms with E-state index in [1.54, 1.807) is 29.3 Å². The molecule has 170 valence electrons. The van der Waals surface area contributed by atoms with Crippen molar-refractivity contribution >= 4 is 40.7 Å². The van der Waals surface area contributed by atoms with Crippen LogP contribution in [0.2, 0.25) is 5.02 Å². The van der Waals surface area contributed by atoms with Crippen molar-refractivity contribution in [2.45, 2.75) is 13.8 Å². The van der Waals surface area contributed by atoms with Gasteiger partial charge in [0.1, 0.15) is 5.82 Å². The summed E-state index contributed by atoms with van der Waals surface area (Å²) in [4.78, 5) is 33.4. The van der Waals surface area contributed by atoms with Crippen molar-refractivity contribution in [3.63, 3.8) is 0 Å². The highest BCUT2D eigenvalue weighted by Crippen LogP contribution is 2.23. The number of hydrogen-bond acceptors (Lipinski definition) is 4. The van der Waals surface area contributed by atoms with E-state index in [2.05, 4.69) is 20.5 Å². The van der Waals surface area contributed by atoms with Gasteiger partial charge in [0.25, 0.3) is 5.91 Å². The number of benzene rings is 2. The fourth-order valence-corrected chi connectivity index (χ4v) is 3.79. The number of anilines is 3. The van der Waals surface area contributed by atoms with Gasteiger partial charge in [-0.05, 0) is 55.8 Å². The van der Waals surface area contributed by atoms with Crippen LogP contribution < -0.4 is 15.5 Å². The second-order valence-electron chi connectivity index (χ2n) is 8.11. The molecule has 0 saturated carbocycles. The van der Waals surface area contributed by atoms with E-state index in [4.69, 9.17) is 11.6 Å². The van der Waals surface area contributed by atoms with Crippen LogP contribution in [0.4, 0.5) is 22.0 Å². The minimum atomic E-state index is -0.169. The molecule has 2 heterocycles. The lowest BCUT2D eigenvalue weighted by molar-refractivity contribution is 0.102. The van der Waals surface area contributed by atoms with Crippen molar-refractivity contribution < 1.29 is 9.59 Å². The molecule has 1 aliphatic heterocycles. The number of halogens is 1.